The van der Waals surface area contributed by atoms with Crippen molar-refractivity contribution in [1.29, 1.82) is 0 Å². The Hall–Kier alpha value is -2.21. The maximum atomic E-state index is 11.9. The molecule has 6 nitrogen and oxygen atoms in total. The van der Waals surface area contributed by atoms with Gasteiger partial charge in [-0.1, -0.05) is 6.92 Å². The van der Waals surface area contributed by atoms with Gasteiger partial charge >= 0.3 is 0 Å². The second-order valence-corrected chi connectivity index (χ2v) is 5.01. The van der Waals surface area contributed by atoms with Crippen LogP contribution in [0.2, 0.25) is 0 Å². The van der Waals surface area contributed by atoms with Crippen molar-refractivity contribution >= 4 is 11.6 Å². The lowest BCUT2D eigenvalue weighted by molar-refractivity contribution is -0.115. The summed E-state index contributed by atoms with van der Waals surface area (Å²) in [5.74, 6) is 0.415. The first-order chi connectivity index (χ1) is 10.1. The Balaban J connectivity index is 1.99. The standard InChI is InChI=1S/C15H20N4O2/c1-4-11(3)16-8-14(20)18-13-6-5-12(7-10(13)2)15-19-17-9-21-15/h5-7,9,11,16H,4,8H2,1-3H3,(H,18,20). The third-order valence-corrected chi connectivity index (χ3v) is 3.33. The summed E-state index contributed by atoms with van der Waals surface area (Å²) in [6, 6.07) is 5.93. The molecule has 0 saturated heterocycles. The van der Waals surface area contributed by atoms with Crippen LogP contribution in [0.1, 0.15) is 25.8 Å². The zero-order valence-electron chi connectivity index (χ0n) is 12.5. The van der Waals surface area contributed by atoms with Crippen molar-refractivity contribution in [3.05, 3.63) is 30.2 Å². The number of nitrogens with one attached hydrogen (secondary N) is 2. The molecule has 21 heavy (non-hydrogen) atoms. The molecule has 1 amide bonds. The topological polar surface area (TPSA) is 80.0 Å². The smallest absolute Gasteiger partial charge is 0.247 e. The van der Waals surface area contributed by atoms with Gasteiger partial charge in [-0.15, -0.1) is 10.2 Å². The summed E-state index contributed by atoms with van der Waals surface area (Å²) in [5.41, 5.74) is 2.57. The number of hydrogen-bond acceptors (Lipinski definition) is 5. The average molecular weight is 288 g/mol. The highest BCUT2D eigenvalue weighted by atomic mass is 16.4. The van der Waals surface area contributed by atoms with Crippen molar-refractivity contribution in [1.82, 2.24) is 15.5 Å². The highest BCUT2D eigenvalue weighted by Gasteiger charge is 2.09. The molecule has 6 heteroatoms. The minimum absolute atomic E-state index is 0.0519. The SMILES string of the molecule is CCC(C)NCC(=O)Nc1ccc(-c2nnco2)cc1C. The quantitative estimate of drug-likeness (QED) is 0.853. The zero-order valence-corrected chi connectivity index (χ0v) is 12.5. The molecule has 0 aliphatic heterocycles. The maximum absolute atomic E-state index is 11.9. The van der Waals surface area contributed by atoms with E-state index in [9.17, 15) is 4.79 Å². The fourth-order valence-corrected chi connectivity index (χ4v) is 1.84. The molecule has 0 aliphatic rings. The molecule has 2 rings (SSSR count). The molecule has 112 valence electrons. The van der Waals surface area contributed by atoms with Gasteiger partial charge in [0.1, 0.15) is 0 Å². The van der Waals surface area contributed by atoms with Crippen molar-refractivity contribution < 1.29 is 9.21 Å². The van der Waals surface area contributed by atoms with Crippen molar-refractivity contribution in [2.75, 3.05) is 11.9 Å². The van der Waals surface area contributed by atoms with Gasteiger partial charge in [-0.05, 0) is 44.0 Å². The largest absolute Gasteiger partial charge is 0.423 e. The number of carbonyl (C=O) groups excluding carboxylic acids is 1. The Morgan fingerprint density at radius 2 is 2.24 bits per heavy atom. The molecule has 0 spiro atoms. The Morgan fingerprint density at radius 1 is 1.43 bits per heavy atom. The van der Waals surface area contributed by atoms with E-state index in [-0.39, 0.29) is 5.91 Å². The number of amides is 1. The Morgan fingerprint density at radius 3 is 2.86 bits per heavy atom. The van der Waals surface area contributed by atoms with Gasteiger partial charge < -0.3 is 15.1 Å². The summed E-state index contributed by atoms with van der Waals surface area (Å²) in [6.45, 7) is 6.37. The van der Waals surface area contributed by atoms with Crippen LogP contribution in [-0.4, -0.2) is 28.7 Å². The second-order valence-electron chi connectivity index (χ2n) is 5.01. The fraction of sp³-hybridized carbons (Fsp3) is 0.400. The normalized spacial score (nSPS) is 12.1. The van der Waals surface area contributed by atoms with E-state index >= 15 is 0 Å². The van der Waals surface area contributed by atoms with Crippen molar-refractivity contribution in [3.63, 3.8) is 0 Å². The van der Waals surface area contributed by atoms with E-state index in [1.165, 1.54) is 6.39 Å². The van der Waals surface area contributed by atoms with Gasteiger partial charge in [-0.3, -0.25) is 4.79 Å². The van der Waals surface area contributed by atoms with Gasteiger partial charge in [-0.2, -0.15) is 0 Å². The van der Waals surface area contributed by atoms with Crippen LogP contribution in [0, 0.1) is 6.92 Å². The minimum Gasteiger partial charge on any atom is -0.423 e. The van der Waals surface area contributed by atoms with Gasteiger partial charge in [0.05, 0.1) is 6.54 Å². The van der Waals surface area contributed by atoms with E-state index in [0.29, 0.717) is 18.5 Å². The Kier molecular flexibility index (Phi) is 5.05. The van der Waals surface area contributed by atoms with Crippen LogP contribution in [0.15, 0.2) is 29.0 Å². The first-order valence-corrected chi connectivity index (χ1v) is 7.00. The number of aromatic nitrogens is 2. The Labute approximate surface area is 124 Å². The number of anilines is 1. The summed E-state index contributed by atoms with van der Waals surface area (Å²) in [7, 11) is 0. The van der Waals surface area contributed by atoms with Gasteiger partial charge in [0, 0.05) is 17.3 Å². The summed E-state index contributed by atoms with van der Waals surface area (Å²) in [5, 5.41) is 13.6. The number of aryl methyl sites for hydroxylation is 1. The molecule has 0 saturated carbocycles. The summed E-state index contributed by atoms with van der Waals surface area (Å²) in [6.07, 6.45) is 2.28. The van der Waals surface area contributed by atoms with Gasteiger partial charge in [0.15, 0.2) is 0 Å². The second kappa shape index (κ2) is 6.99. The number of hydrogen-bond donors (Lipinski definition) is 2. The number of nitrogens with zero attached hydrogens (tertiary/aromatic N) is 2. The lowest BCUT2D eigenvalue weighted by atomic mass is 10.1. The van der Waals surface area contributed by atoms with Crippen LogP contribution < -0.4 is 10.6 Å². The summed E-state index contributed by atoms with van der Waals surface area (Å²) >= 11 is 0. The lowest BCUT2D eigenvalue weighted by Gasteiger charge is -2.12. The molecular weight excluding hydrogens is 268 g/mol. The summed E-state index contributed by atoms with van der Waals surface area (Å²) < 4.78 is 5.15. The predicted octanol–water partition coefficient (Wildman–Crippen LogP) is 2.37. The molecule has 0 aliphatic carbocycles. The fourth-order valence-electron chi connectivity index (χ4n) is 1.84. The molecule has 0 fully saturated rings. The molecule has 1 heterocycles. The number of benzene rings is 1. The third-order valence-electron chi connectivity index (χ3n) is 3.33. The van der Waals surface area contributed by atoms with Crippen LogP contribution in [-0.2, 0) is 4.79 Å². The zero-order chi connectivity index (χ0) is 15.2. The van der Waals surface area contributed by atoms with E-state index < -0.39 is 0 Å². The van der Waals surface area contributed by atoms with E-state index in [0.717, 1.165) is 23.2 Å². The molecule has 1 unspecified atom stereocenters. The van der Waals surface area contributed by atoms with Crippen molar-refractivity contribution in [2.24, 2.45) is 0 Å². The van der Waals surface area contributed by atoms with E-state index in [1.54, 1.807) is 0 Å². The average Bonchev–Trinajstić information content (AvgIpc) is 3.01. The first-order valence-electron chi connectivity index (χ1n) is 7.00. The van der Waals surface area contributed by atoms with Gasteiger partial charge in [-0.25, -0.2) is 0 Å². The van der Waals surface area contributed by atoms with Gasteiger partial charge in [0.25, 0.3) is 0 Å². The molecular formula is C15H20N4O2. The predicted molar refractivity (Wildman–Crippen MR) is 80.9 cm³/mol. The number of rotatable bonds is 6. The van der Waals surface area contributed by atoms with Crippen LogP contribution in [0.4, 0.5) is 5.69 Å². The van der Waals surface area contributed by atoms with Crippen LogP contribution >= 0.6 is 0 Å². The van der Waals surface area contributed by atoms with Crippen molar-refractivity contribution in [2.45, 2.75) is 33.2 Å². The monoisotopic (exact) mass is 288 g/mol. The van der Waals surface area contributed by atoms with Crippen LogP contribution in [0.3, 0.4) is 0 Å². The molecule has 0 radical (unpaired) electrons. The maximum Gasteiger partial charge on any atom is 0.247 e. The first kappa shape index (κ1) is 15.2. The van der Waals surface area contributed by atoms with Crippen LogP contribution in [0.25, 0.3) is 11.5 Å². The van der Waals surface area contributed by atoms with E-state index in [2.05, 4.69) is 34.7 Å². The molecule has 1 atom stereocenters. The minimum atomic E-state index is -0.0519. The molecule has 1 aromatic heterocycles. The molecule has 2 aromatic rings. The third kappa shape index (κ3) is 4.13. The van der Waals surface area contributed by atoms with Crippen molar-refractivity contribution in [3.8, 4) is 11.5 Å². The Bertz CT molecular complexity index is 596. The molecule has 1 aromatic carbocycles. The molecule has 0 bridgehead atoms. The highest BCUT2D eigenvalue weighted by molar-refractivity contribution is 5.93. The van der Waals surface area contributed by atoms with E-state index in [4.69, 9.17) is 4.42 Å². The van der Waals surface area contributed by atoms with Gasteiger partial charge in [0.2, 0.25) is 18.2 Å². The highest BCUT2D eigenvalue weighted by Crippen LogP contribution is 2.23. The lowest BCUT2D eigenvalue weighted by Crippen LogP contribution is -2.34. The van der Waals surface area contributed by atoms with E-state index in [1.807, 2.05) is 25.1 Å². The summed E-state index contributed by atoms with van der Waals surface area (Å²) in [4.78, 5) is 11.9. The molecule has 2 N–H and O–H groups in total. The van der Waals surface area contributed by atoms with Crippen LogP contribution in [0.5, 0.6) is 0 Å². The number of carbonyl (C=O) groups is 1.